The first-order valence-corrected chi connectivity index (χ1v) is 15.2. The predicted molar refractivity (Wildman–Crippen MR) is 178 cm³/mol. The lowest BCUT2D eigenvalue weighted by molar-refractivity contribution is 0.531. The molecule has 1 heterocycles. The van der Waals surface area contributed by atoms with Gasteiger partial charge in [0, 0.05) is 21.9 Å². The van der Waals surface area contributed by atoms with E-state index in [0.717, 1.165) is 38.5 Å². The van der Waals surface area contributed by atoms with Crippen molar-refractivity contribution in [3.05, 3.63) is 143 Å². The molecule has 41 heavy (non-hydrogen) atoms. The molecule has 0 bridgehead atoms. The van der Waals surface area contributed by atoms with Crippen molar-refractivity contribution >= 4 is 33.1 Å². The van der Waals surface area contributed by atoms with Gasteiger partial charge in [-0.2, -0.15) is 0 Å². The average Bonchev–Trinajstić information content (AvgIpc) is 3.46. The van der Waals surface area contributed by atoms with Crippen molar-refractivity contribution in [1.82, 2.24) is 4.57 Å². The summed E-state index contributed by atoms with van der Waals surface area (Å²) in [6.45, 7) is 10.9. The van der Waals surface area contributed by atoms with Crippen LogP contribution in [0.2, 0.25) is 0 Å². The molecule has 1 aromatic heterocycles. The van der Waals surface area contributed by atoms with Gasteiger partial charge in [0.1, 0.15) is 0 Å². The zero-order chi connectivity index (χ0) is 28.1. The lowest BCUT2D eigenvalue weighted by atomic mass is 9.74. The van der Waals surface area contributed by atoms with Crippen molar-refractivity contribution < 1.29 is 0 Å². The second-order valence-corrected chi connectivity index (χ2v) is 12.4. The highest BCUT2D eigenvalue weighted by Gasteiger charge is 2.40. The Balaban J connectivity index is 1.35. The largest absolute Gasteiger partial charge is 0.310 e. The summed E-state index contributed by atoms with van der Waals surface area (Å²) in [7, 11) is 0. The smallest absolute Gasteiger partial charge is 0.0547 e. The van der Waals surface area contributed by atoms with Gasteiger partial charge in [0.2, 0.25) is 0 Å². The summed E-state index contributed by atoms with van der Waals surface area (Å²) in [6, 6.07) is 15.9. The Morgan fingerprint density at radius 2 is 1.76 bits per heavy atom. The maximum absolute atomic E-state index is 3.80. The van der Waals surface area contributed by atoms with Gasteiger partial charge in [-0.25, -0.2) is 0 Å². The van der Waals surface area contributed by atoms with E-state index in [1.807, 2.05) is 12.2 Å². The first-order valence-electron chi connectivity index (χ1n) is 15.2. The van der Waals surface area contributed by atoms with E-state index in [-0.39, 0.29) is 5.41 Å². The number of rotatable bonds is 5. The number of allylic oxidation sites excluding steroid dienone is 17. The number of benzene rings is 2. The lowest BCUT2D eigenvalue weighted by Crippen LogP contribution is -2.16. The maximum Gasteiger partial charge on any atom is 0.0547 e. The molecule has 7 rings (SSSR count). The zero-order valence-electron chi connectivity index (χ0n) is 24.6. The second-order valence-electron chi connectivity index (χ2n) is 12.4. The second kappa shape index (κ2) is 10.1. The van der Waals surface area contributed by atoms with E-state index in [1.54, 1.807) is 11.1 Å². The standard InChI is InChI=1S/C40H39N/c1-5-6-8-14-27(2)28-22-24-35-34(25-28)32-23-21-29(26-36(32)40(35,3)4)31-18-13-20-38-39(31)33-17-11-12-19-37(33)41(38)30-15-9-7-10-16-30/h5-6,8-9,11-20,25-26H,1,7,10,21-24H2,2-4H3/b8-6-,27-14+. The Bertz CT molecular complexity index is 1860. The van der Waals surface area contributed by atoms with E-state index < -0.39 is 0 Å². The fourth-order valence-electron chi connectivity index (χ4n) is 7.61. The molecule has 2 aromatic carbocycles. The molecule has 0 fully saturated rings. The molecule has 0 aliphatic heterocycles. The van der Waals surface area contributed by atoms with Gasteiger partial charge in [0.05, 0.1) is 11.0 Å². The van der Waals surface area contributed by atoms with Gasteiger partial charge in [0.25, 0.3) is 0 Å². The van der Waals surface area contributed by atoms with Gasteiger partial charge in [-0.3, -0.25) is 0 Å². The summed E-state index contributed by atoms with van der Waals surface area (Å²) < 4.78 is 2.48. The molecule has 4 aliphatic carbocycles. The van der Waals surface area contributed by atoms with E-state index in [2.05, 4.69) is 117 Å². The van der Waals surface area contributed by atoms with Gasteiger partial charge in [-0.05, 0) is 103 Å². The third-order valence-corrected chi connectivity index (χ3v) is 9.71. The molecule has 204 valence electrons. The Hall–Kier alpha value is -4.10. The lowest BCUT2D eigenvalue weighted by Gasteiger charge is -2.29. The van der Waals surface area contributed by atoms with Crippen LogP contribution < -0.4 is 0 Å². The Kier molecular flexibility index (Phi) is 6.35. The molecule has 0 amide bonds. The predicted octanol–water partition coefficient (Wildman–Crippen LogP) is 11.2. The minimum absolute atomic E-state index is 0.0678. The number of aromatic nitrogens is 1. The van der Waals surface area contributed by atoms with Crippen LogP contribution in [0, 0.1) is 5.41 Å². The molecular formula is C40H39N. The minimum Gasteiger partial charge on any atom is -0.310 e. The molecule has 1 heteroatoms. The summed E-state index contributed by atoms with van der Waals surface area (Å²) in [5.74, 6) is 0. The Labute approximate surface area is 244 Å². The van der Waals surface area contributed by atoms with Crippen LogP contribution in [-0.4, -0.2) is 4.57 Å². The first-order chi connectivity index (χ1) is 20.0. The summed E-state index contributed by atoms with van der Waals surface area (Å²) >= 11 is 0. The van der Waals surface area contributed by atoms with Crippen LogP contribution in [0.15, 0.2) is 137 Å². The van der Waals surface area contributed by atoms with E-state index in [9.17, 15) is 0 Å². The fraction of sp³-hybridized carbons (Fsp3) is 0.250. The van der Waals surface area contributed by atoms with Crippen LogP contribution in [0.1, 0.15) is 64.9 Å². The number of hydrogen-bond acceptors (Lipinski definition) is 0. The number of fused-ring (bicyclic) bond motifs is 4. The molecule has 0 saturated heterocycles. The monoisotopic (exact) mass is 533 g/mol. The Morgan fingerprint density at radius 3 is 2.59 bits per heavy atom. The summed E-state index contributed by atoms with van der Waals surface area (Å²) in [4.78, 5) is 0. The van der Waals surface area contributed by atoms with Gasteiger partial charge in [-0.15, -0.1) is 0 Å². The van der Waals surface area contributed by atoms with E-state index in [4.69, 9.17) is 0 Å². The van der Waals surface area contributed by atoms with Crippen LogP contribution in [-0.2, 0) is 0 Å². The topological polar surface area (TPSA) is 4.93 Å². The fourth-order valence-corrected chi connectivity index (χ4v) is 7.61. The molecule has 0 spiro atoms. The van der Waals surface area contributed by atoms with Crippen molar-refractivity contribution in [3.8, 4) is 0 Å². The molecule has 0 N–H and O–H groups in total. The normalized spacial score (nSPS) is 20.5. The van der Waals surface area contributed by atoms with Crippen molar-refractivity contribution in [2.24, 2.45) is 5.41 Å². The molecular weight excluding hydrogens is 494 g/mol. The summed E-state index contributed by atoms with van der Waals surface area (Å²) in [5.41, 5.74) is 15.9. The Morgan fingerprint density at radius 1 is 0.902 bits per heavy atom. The maximum atomic E-state index is 3.80. The quantitative estimate of drug-likeness (QED) is 0.287. The van der Waals surface area contributed by atoms with Gasteiger partial charge in [-0.1, -0.05) is 105 Å². The van der Waals surface area contributed by atoms with Crippen molar-refractivity contribution in [2.75, 3.05) is 0 Å². The molecule has 4 aliphatic rings. The highest BCUT2D eigenvalue weighted by Crippen LogP contribution is 2.56. The third-order valence-electron chi connectivity index (χ3n) is 9.71. The van der Waals surface area contributed by atoms with Crippen molar-refractivity contribution in [3.63, 3.8) is 0 Å². The highest BCUT2D eigenvalue weighted by atomic mass is 15.0. The molecule has 0 atom stereocenters. The van der Waals surface area contributed by atoms with Gasteiger partial charge < -0.3 is 4.57 Å². The van der Waals surface area contributed by atoms with E-state index >= 15 is 0 Å². The SMILES string of the molecule is C=C/C=C\C=C(/C)C1=CC2=C(CC1)C(C)(C)C1=C2CCC(c2cccc3c2c2ccccc2n3C2=CCCC=C2)=C1. The molecule has 1 nitrogen and oxygen atoms in total. The van der Waals surface area contributed by atoms with E-state index in [1.165, 1.54) is 60.9 Å². The van der Waals surface area contributed by atoms with Crippen molar-refractivity contribution in [2.45, 2.75) is 59.3 Å². The van der Waals surface area contributed by atoms with Crippen LogP contribution in [0.4, 0.5) is 0 Å². The van der Waals surface area contributed by atoms with Crippen LogP contribution in [0.25, 0.3) is 33.1 Å². The van der Waals surface area contributed by atoms with Crippen molar-refractivity contribution in [1.29, 1.82) is 0 Å². The van der Waals surface area contributed by atoms with Crippen LogP contribution >= 0.6 is 0 Å². The number of hydrogen-bond donors (Lipinski definition) is 0. The summed E-state index contributed by atoms with van der Waals surface area (Å²) in [6.07, 6.45) is 26.9. The molecule has 0 unspecified atom stereocenters. The van der Waals surface area contributed by atoms with Crippen LogP contribution in [0.5, 0.6) is 0 Å². The van der Waals surface area contributed by atoms with Crippen LogP contribution in [0.3, 0.4) is 0 Å². The van der Waals surface area contributed by atoms with Gasteiger partial charge >= 0.3 is 0 Å². The first kappa shape index (κ1) is 25.8. The van der Waals surface area contributed by atoms with E-state index in [0.29, 0.717) is 0 Å². The molecule has 3 aromatic rings. The zero-order valence-corrected chi connectivity index (χ0v) is 24.6. The number of para-hydroxylation sites is 1. The third kappa shape index (κ3) is 4.13. The minimum atomic E-state index is 0.0678. The highest BCUT2D eigenvalue weighted by molar-refractivity contribution is 6.15. The molecule has 0 saturated carbocycles. The summed E-state index contributed by atoms with van der Waals surface area (Å²) in [5, 5.41) is 2.74. The molecule has 0 radical (unpaired) electrons. The number of nitrogens with zero attached hydrogens (tertiary/aromatic N) is 1. The van der Waals surface area contributed by atoms with Gasteiger partial charge in [0.15, 0.2) is 0 Å². The average molecular weight is 534 g/mol.